The van der Waals surface area contributed by atoms with Crippen molar-refractivity contribution in [3.63, 3.8) is 0 Å². The van der Waals surface area contributed by atoms with Crippen LogP contribution in [0.1, 0.15) is 33.4 Å². The molecule has 2 aliphatic rings. The predicted octanol–water partition coefficient (Wildman–Crippen LogP) is 11.4. The number of hydrogen-bond donors (Lipinski definition) is 0. The Morgan fingerprint density at radius 2 is 0.966 bits per heavy atom. The smallest absolute Gasteiger partial charge is 0.171 e. The van der Waals surface area contributed by atoms with Gasteiger partial charge in [0.2, 0.25) is 0 Å². The highest BCUT2D eigenvalue weighted by atomic mass is 31.2. The number of benzene rings is 8. The zero-order valence-electron chi connectivity index (χ0n) is 31.9. The minimum atomic E-state index is -3.12. The van der Waals surface area contributed by atoms with Crippen LogP contribution in [0, 0.1) is 0 Å². The van der Waals surface area contributed by atoms with Crippen LogP contribution >= 0.6 is 7.14 Å². The topological polar surface area (TPSA) is 41.8 Å². The van der Waals surface area contributed by atoms with Crippen molar-refractivity contribution in [2.24, 2.45) is 9.98 Å². The van der Waals surface area contributed by atoms with E-state index in [1.54, 1.807) is 0 Å². The largest absolute Gasteiger partial charge is 0.309 e. The first-order valence-electron chi connectivity index (χ1n) is 19.7. The monoisotopic (exact) mass is 762 g/mol. The highest BCUT2D eigenvalue weighted by molar-refractivity contribution is 7.85. The van der Waals surface area contributed by atoms with Crippen LogP contribution in [0.4, 0.5) is 0 Å². The van der Waals surface area contributed by atoms with Gasteiger partial charge in [-0.2, -0.15) is 0 Å². The van der Waals surface area contributed by atoms with E-state index in [0.29, 0.717) is 12.3 Å². The molecule has 1 unspecified atom stereocenters. The molecule has 10 rings (SSSR count). The van der Waals surface area contributed by atoms with Gasteiger partial charge < -0.3 is 4.57 Å². The molecule has 4 heteroatoms. The molecule has 0 fully saturated rings. The minimum Gasteiger partial charge on any atom is -0.309 e. The van der Waals surface area contributed by atoms with E-state index in [-0.39, 0.29) is 0 Å². The molecule has 0 heterocycles. The second kappa shape index (κ2) is 14.5. The summed E-state index contributed by atoms with van der Waals surface area (Å²) in [5.41, 5.74) is 13.0. The van der Waals surface area contributed by atoms with Crippen molar-refractivity contribution in [2.75, 3.05) is 0 Å². The molecular weight excluding hydrogens is 724 g/mol. The van der Waals surface area contributed by atoms with Gasteiger partial charge in [0.1, 0.15) is 0 Å². The fourth-order valence-corrected chi connectivity index (χ4v) is 11.9. The molecule has 1 atom stereocenters. The standard InChI is InChI=1S/C54H39N2OP/c1-55-53(40-20-8-3-9-21-40)56-52-47-27-15-17-29-49(47)54(51(52)36-38-18-6-2-7-19-38)48-28-16-14-26-45(48)46-35-32-41(37-50(46)54)39-30-33-44(34-31-39)58(57,42-22-10-4-11-23-42)43-24-12-5-13-25-43/h2-35,37H,1,36H2. The Morgan fingerprint density at radius 1 is 0.483 bits per heavy atom. The van der Waals surface area contributed by atoms with Crippen molar-refractivity contribution in [1.82, 2.24) is 0 Å². The van der Waals surface area contributed by atoms with E-state index in [2.05, 4.69) is 133 Å². The molecule has 2 aliphatic carbocycles. The molecule has 58 heavy (non-hydrogen) atoms. The molecule has 0 aromatic heterocycles. The van der Waals surface area contributed by atoms with E-state index in [4.69, 9.17) is 4.99 Å². The summed E-state index contributed by atoms with van der Waals surface area (Å²) in [5.74, 6) is 0.594. The molecular formula is C54H39N2OP. The number of nitrogens with zero attached hydrogens (tertiary/aromatic N) is 2. The normalized spacial score (nSPS) is 15.6. The third-order valence-electron chi connectivity index (χ3n) is 11.8. The van der Waals surface area contributed by atoms with Gasteiger partial charge >= 0.3 is 0 Å². The van der Waals surface area contributed by atoms with Gasteiger partial charge in [-0.1, -0.05) is 206 Å². The van der Waals surface area contributed by atoms with Crippen molar-refractivity contribution in [1.29, 1.82) is 0 Å². The summed E-state index contributed by atoms with van der Waals surface area (Å²) in [6.07, 6.45) is 0.689. The van der Waals surface area contributed by atoms with Crippen molar-refractivity contribution in [2.45, 2.75) is 11.8 Å². The van der Waals surface area contributed by atoms with Crippen LogP contribution in [-0.4, -0.2) is 12.6 Å². The van der Waals surface area contributed by atoms with E-state index in [1.807, 2.05) is 91.0 Å². The van der Waals surface area contributed by atoms with Gasteiger partial charge in [0.15, 0.2) is 13.0 Å². The van der Waals surface area contributed by atoms with Crippen LogP contribution in [0.5, 0.6) is 0 Å². The number of allylic oxidation sites excluding steroid dienone is 1. The Morgan fingerprint density at radius 3 is 1.59 bits per heavy atom. The van der Waals surface area contributed by atoms with E-state index in [9.17, 15) is 0 Å². The molecule has 0 amide bonds. The first-order chi connectivity index (χ1) is 28.6. The molecule has 1 spiro atoms. The summed E-state index contributed by atoms with van der Waals surface area (Å²) < 4.78 is 15.2. The number of aliphatic imine (C=N–C) groups is 2. The van der Waals surface area contributed by atoms with Gasteiger partial charge in [-0.05, 0) is 69.3 Å². The van der Waals surface area contributed by atoms with E-state index >= 15 is 4.57 Å². The summed E-state index contributed by atoms with van der Waals surface area (Å²) in [6.45, 7) is 3.99. The Kier molecular flexibility index (Phi) is 8.89. The number of hydrogen-bond acceptors (Lipinski definition) is 2. The fourth-order valence-electron chi connectivity index (χ4n) is 9.21. The molecule has 0 saturated carbocycles. The number of fused-ring (bicyclic) bond motifs is 7. The van der Waals surface area contributed by atoms with Crippen LogP contribution in [-0.2, 0) is 16.4 Å². The molecule has 8 aromatic rings. The van der Waals surface area contributed by atoms with Gasteiger partial charge in [-0.25, -0.2) is 9.98 Å². The number of amidine groups is 1. The third kappa shape index (κ3) is 5.62. The zero-order chi connectivity index (χ0) is 39.1. The molecule has 0 radical (unpaired) electrons. The Balaban J connectivity index is 1.19. The first kappa shape index (κ1) is 35.5. The maximum atomic E-state index is 15.2. The SMILES string of the molecule is C=NC(=NC1=C(Cc2ccccc2)C2(c3ccccc31)c1ccccc1-c1ccc(-c3ccc(P(=O)(c4ccccc4)c4ccccc4)cc3)cc12)c1ccccc1. The van der Waals surface area contributed by atoms with E-state index in [0.717, 1.165) is 43.9 Å². The van der Waals surface area contributed by atoms with Gasteiger partial charge in [0.25, 0.3) is 0 Å². The van der Waals surface area contributed by atoms with Crippen LogP contribution in [0.3, 0.4) is 0 Å². The second-order valence-electron chi connectivity index (χ2n) is 14.9. The number of rotatable bonds is 8. The lowest BCUT2D eigenvalue weighted by Crippen LogP contribution is -2.28. The zero-order valence-corrected chi connectivity index (χ0v) is 32.8. The lowest BCUT2D eigenvalue weighted by molar-refractivity contribution is 0.592. The molecule has 0 aliphatic heterocycles. The highest BCUT2D eigenvalue weighted by Gasteiger charge is 2.53. The molecule has 8 aromatic carbocycles. The van der Waals surface area contributed by atoms with Gasteiger partial charge in [-0.3, -0.25) is 0 Å². The molecule has 0 saturated heterocycles. The highest BCUT2D eigenvalue weighted by Crippen LogP contribution is 2.63. The van der Waals surface area contributed by atoms with Gasteiger partial charge in [0, 0.05) is 27.0 Å². The van der Waals surface area contributed by atoms with Crippen molar-refractivity contribution in [3.05, 3.63) is 251 Å². The van der Waals surface area contributed by atoms with E-state index < -0.39 is 12.6 Å². The average molecular weight is 763 g/mol. The van der Waals surface area contributed by atoms with Crippen LogP contribution < -0.4 is 15.9 Å². The quantitative estimate of drug-likeness (QED) is 0.0863. The van der Waals surface area contributed by atoms with Gasteiger partial charge in [0.05, 0.1) is 11.1 Å². The van der Waals surface area contributed by atoms with Crippen LogP contribution in [0.15, 0.2) is 228 Å². The van der Waals surface area contributed by atoms with Crippen molar-refractivity contribution >= 4 is 41.3 Å². The summed E-state index contributed by atoms with van der Waals surface area (Å²) in [7, 11) is -3.12. The van der Waals surface area contributed by atoms with Crippen LogP contribution in [0.2, 0.25) is 0 Å². The Hall–Kier alpha value is -6.93. The summed E-state index contributed by atoms with van der Waals surface area (Å²) in [6, 6.07) is 73.4. The molecule has 0 N–H and O–H groups in total. The fraction of sp³-hybridized carbons (Fsp3) is 0.0370. The van der Waals surface area contributed by atoms with E-state index in [1.165, 1.54) is 39.0 Å². The summed E-state index contributed by atoms with van der Waals surface area (Å²) in [5, 5.41) is 2.46. The lowest BCUT2D eigenvalue weighted by atomic mass is 9.68. The van der Waals surface area contributed by atoms with Crippen LogP contribution in [0.25, 0.3) is 28.0 Å². The lowest BCUT2D eigenvalue weighted by Gasteiger charge is -2.33. The van der Waals surface area contributed by atoms with Crippen molar-refractivity contribution in [3.8, 4) is 22.3 Å². The minimum absolute atomic E-state index is 0.594. The van der Waals surface area contributed by atoms with Crippen molar-refractivity contribution < 1.29 is 4.57 Å². The maximum Gasteiger partial charge on any atom is 0.171 e. The summed E-state index contributed by atoms with van der Waals surface area (Å²) in [4.78, 5) is 9.95. The maximum absolute atomic E-state index is 15.2. The average Bonchev–Trinajstić information content (AvgIpc) is 3.75. The molecule has 0 bridgehead atoms. The Labute approximate surface area is 339 Å². The van der Waals surface area contributed by atoms with Gasteiger partial charge in [-0.15, -0.1) is 0 Å². The second-order valence-corrected chi connectivity index (χ2v) is 17.6. The molecule has 276 valence electrons. The predicted molar refractivity (Wildman–Crippen MR) is 243 cm³/mol. The summed E-state index contributed by atoms with van der Waals surface area (Å²) >= 11 is 0. The third-order valence-corrected chi connectivity index (χ3v) is 14.9. The first-order valence-corrected chi connectivity index (χ1v) is 21.4. The Bertz CT molecular complexity index is 2890. The molecule has 3 nitrogen and oxygen atoms in total.